The van der Waals surface area contributed by atoms with Crippen LogP contribution in [0.15, 0.2) is 16.2 Å². The maximum atomic E-state index is 5.81. The molecule has 2 rings (SSSR count). The standard InChI is InChI=1S/C6H2BrClN2S/c7-6-10-3-1-2-9-5(8)4(3)11-6/h1-2H. The second-order valence-corrected chi connectivity index (χ2v) is 4.55. The topological polar surface area (TPSA) is 25.8 Å². The van der Waals surface area contributed by atoms with E-state index >= 15 is 0 Å². The second-order valence-electron chi connectivity index (χ2n) is 1.92. The highest BCUT2D eigenvalue weighted by atomic mass is 79.9. The number of pyridine rings is 1. The highest BCUT2D eigenvalue weighted by Gasteiger charge is 2.04. The maximum Gasteiger partial charge on any atom is 0.160 e. The third-order valence-corrected chi connectivity index (χ3v) is 3.16. The van der Waals surface area contributed by atoms with Gasteiger partial charge in [0.05, 0.1) is 10.2 Å². The highest BCUT2D eigenvalue weighted by molar-refractivity contribution is 9.11. The van der Waals surface area contributed by atoms with E-state index in [0.29, 0.717) is 5.15 Å². The van der Waals surface area contributed by atoms with Crippen molar-refractivity contribution in [3.05, 3.63) is 21.3 Å². The molecule has 0 radical (unpaired) electrons. The first-order valence-corrected chi connectivity index (χ1v) is 4.82. The Hall–Kier alpha value is -0.190. The quantitative estimate of drug-likeness (QED) is 0.671. The Morgan fingerprint density at radius 2 is 2.36 bits per heavy atom. The van der Waals surface area contributed by atoms with Crippen molar-refractivity contribution in [3.63, 3.8) is 0 Å². The number of halogens is 2. The van der Waals surface area contributed by atoms with E-state index in [1.165, 1.54) is 11.3 Å². The van der Waals surface area contributed by atoms with Crippen LogP contribution in [0.1, 0.15) is 0 Å². The predicted molar refractivity (Wildman–Crippen MR) is 50.1 cm³/mol. The molecule has 0 aliphatic carbocycles. The summed E-state index contributed by atoms with van der Waals surface area (Å²) in [5.74, 6) is 0. The lowest BCUT2D eigenvalue weighted by Gasteiger charge is -1.86. The van der Waals surface area contributed by atoms with Crippen LogP contribution in [0.25, 0.3) is 10.2 Å². The summed E-state index contributed by atoms with van der Waals surface area (Å²) in [5, 5.41) is 0.519. The van der Waals surface area contributed by atoms with Gasteiger partial charge in [-0.25, -0.2) is 9.97 Å². The van der Waals surface area contributed by atoms with Crippen molar-refractivity contribution in [2.24, 2.45) is 0 Å². The fourth-order valence-corrected chi connectivity index (χ4v) is 2.41. The number of rotatable bonds is 0. The van der Waals surface area contributed by atoms with E-state index in [1.807, 2.05) is 6.07 Å². The van der Waals surface area contributed by atoms with Gasteiger partial charge in [0, 0.05) is 6.20 Å². The Morgan fingerprint density at radius 3 is 3.09 bits per heavy atom. The van der Waals surface area contributed by atoms with E-state index in [1.54, 1.807) is 6.20 Å². The van der Waals surface area contributed by atoms with Gasteiger partial charge in [0.15, 0.2) is 3.92 Å². The monoisotopic (exact) mass is 248 g/mol. The summed E-state index contributed by atoms with van der Waals surface area (Å²) in [6.07, 6.45) is 1.65. The third kappa shape index (κ3) is 1.26. The summed E-state index contributed by atoms with van der Waals surface area (Å²) in [7, 11) is 0. The Bertz CT molecular complexity index is 400. The lowest BCUT2D eigenvalue weighted by atomic mass is 10.4. The van der Waals surface area contributed by atoms with Crippen LogP contribution in [0, 0.1) is 0 Å². The van der Waals surface area contributed by atoms with Gasteiger partial charge in [-0.05, 0) is 22.0 Å². The van der Waals surface area contributed by atoms with Crippen LogP contribution in [0.3, 0.4) is 0 Å². The molecule has 2 aromatic heterocycles. The van der Waals surface area contributed by atoms with Crippen LogP contribution in [0.2, 0.25) is 5.15 Å². The van der Waals surface area contributed by atoms with Crippen molar-refractivity contribution in [2.75, 3.05) is 0 Å². The molecule has 0 unspecified atom stereocenters. The van der Waals surface area contributed by atoms with E-state index < -0.39 is 0 Å². The summed E-state index contributed by atoms with van der Waals surface area (Å²) >= 11 is 10.6. The van der Waals surface area contributed by atoms with Gasteiger partial charge in [0.2, 0.25) is 0 Å². The maximum absolute atomic E-state index is 5.81. The summed E-state index contributed by atoms with van der Waals surface area (Å²) in [5.41, 5.74) is 0.891. The Morgan fingerprint density at radius 1 is 1.55 bits per heavy atom. The second kappa shape index (κ2) is 2.69. The van der Waals surface area contributed by atoms with Gasteiger partial charge in [-0.2, -0.15) is 0 Å². The molecule has 0 bridgehead atoms. The van der Waals surface area contributed by atoms with Crippen LogP contribution in [0.4, 0.5) is 0 Å². The van der Waals surface area contributed by atoms with Gasteiger partial charge < -0.3 is 0 Å². The first-order valence-electron chi connectivity index (χ1n) is 2.84. The van der Waals surface area contributed by atoms with Gasteiger partial charge in [-0.3, -0.25) is 0 Å². The number of nitrogens with zero attached hydrogens (tertiary/aromatic N) is 2. The van der Waals surface area contributed by atoms with Crippen molar-refractivity contribution >= 4 is 49.1 Å². The molecule has 2 heterocycles. The zero-order valence-corrected chi connectivity index (χ0v) is 8.37. The molecular formula is C6H2BrClN2S. The fourth-order valence-electron chi connectivity index (χ4n) is 0.797. The number of thiazole rings is 1. The molecule has 11 heavy (non-hydrogen) atoms. The summed E-state index contributed by atoms with van der Waals surface area (Å²) < 4.78 is 1.77. The summed E-state index contributed by atoms with van der Waals surface area (Å²) in [6, 6.07) is 1.84. The molecule has 0 aliphatic rings. The molecule has 5 heteroatoms. The minimum Gasteiger partial charge on any atom is -0.243 e. The normalized spacial score (nSPS) is 10.7. The smallest absolute Gasteiger partial charge is 0.160 e. The molecule has 0 amide bonds. The van der Waals surface area contributed by atoms with E-state index in [4.69, 9.17) is 11.6 Å². The minimum atomic E-state index is 0.519. The largest absolute Gasteiger partial charge is 0.243 e. The zero-order valence-electron chi connectivity index (χ0n) is 5.21. The first kappa shape index (κ1) is 7.46. The van der Waals surface area contributed by atoms with Gasteiger partial charge in [-0.15, -0.1) is 11.3 Å². The first-order chi connectivity index (χ1) is 5.27. The van der Waals surface area contributed by atoms with Crippen LogP contribution < -0.4 is 0 Å². The lowest BCUT2D eigenvalue weighted by Crippen LogP contribution is -1.72. The van der Waals surface area contributed by atoms with E-state index in [0.717, 1.165) is 14.1 Å². The van der Waals surface area contributed by atoms with Crippen molar-refractivity contribution in [1.29, 1.82) is 0 Å². The van der Waals surface area contributed by atoms with Crippen molar-refractivity contribution in [1.82, 2.24) is 9.97 Å². The van der Waals surface area contributed by atoms with E-state index in [2.05, 4.69) is 25.9 Å². The summed E-state index contributed by atoms with van der Waals surface area (Å²) in [6.45, 7) is 0. The third-order valence-electron chi connectivity index (χ3n) is 1.23. The molecule has 2 nitrogen and oxygen atoms in total. The van der Waals surface area contributed by atoms with Crippen molar-refractivity contribution < 1.29 is 0 Å². The molecule has 0 saturated carbocycles. The number of hydrogen-bond acceptors (Lipinski definition) is 3. The Labute approximate surface area is 80.4 Å². The Balaban J connectivity index is 2.90. The molecule has 0 saturated heterocycles. The Kier molecular flexibility index (Phi) is 1.83. The zero-order chi connectivity index (χ0) is 7.84. The lowest BCUT2D eigenvalue weighted by molar-refractivity contribution is 1.35. The van der Waals surface area contributed by atoms with Gasteiger partial charge >= 0.3 is 0 Å². The SMILES string of the molecule is Clc1nccc2nc(Br)sc12. The highest BCUT2D eigenvalue weighted by Crippen LogP contribution is 2.29. The van der Waals surface area contributed by atoms with E-state index in [-0.39, 0.29) is 0 Å². The minimum absolute atomic E-state index is 0.519. The molecule has 0 spiro atoms. The van der Waals surface area contributed by atoms with Gasteiger partial charge in [0.1, 0.15) is 5.15 Å². The number of fused-ring (bicyclic) bond motifs is 1. The fraction of sp³-hybridized carbons (Fsp3) is 0. The van der Waals surface area contributed by atoms with Crippen molar-refractivity contribution in [2.45, 2.75) is 0 Å². The molecule has 0 atom stereocenters. The molecule has 2 aromatic rings. The van der Waals surface area contributed by atoms with Crippen LogP contribution >= 0.6 is 38.9 Å². The molecule has 0 N–H and O–H groups in total. The van der Waals surface area contributed by atoms with Gasteiger partial charge in [0.25, 0.3) is 0 Å². The van der Waals surface area contributed by atoms with Crippen molar-refractivity contribution in [3.8, 4) is 0 Å². The van der Waals surface area contributed by atoms with Crippen LogP contribution in [-0.4, -0.2) is 9.97 Å². The van der Waals surface area contributed by atoms with Gasteiger partial charge in [-0.1, -0.05) is 11.6 Å². The number of aromatic nitrogens is 2. The molecular weight excluding hydrogens is 248 g/mol. The number of hydrogen-bond donors (Lipinski definition) is 0. The molecule has 0 fully saturated rings. The molecule has 0 aliphatic heterocycles. The average molecular weight is 250 g/mol. The summed E-state index contributed by atoms with van der Waals surface area (Å²) in [4.78, 5) is 8.12. The van der Waals surface area contributed by atoms with Crippen LogP contribution in [-0.2, 0) is 0 Å². The average Bonchev–Trinajstić information content (AvgIpc) is 2.31. The molecule has 56 valence electrons. The molecule has 0 aromatic carbocycles. The van der Waals surface area contributed by atoms with E-state index in [9.17, 15) is 0 Å². The van der Waals surface area contributed by atoms with Crippen LogP contribution in [0.5, 0.6) is 0 Å². The predicted octanol–water partition coefficient (Wildman–Crippen LogP) is 3.11.